The number of amides is 1. The molecule has 0 saturated carbocycles. The van der Waals surface area contributed by atoms with Crippen LogP contribution in [0.25, 0.3) is 0 Å². The second-order valence-corrected chi connectivity index (χ2v) is 6.40. The maximum atomic E-state index is 12.9. The molecule has 8 heteroatoms. The Morgan fingerprint density at radius 1 is 1.31 bits per heavy atom. The highest BCUT2D eigenvalue weighted by atomic mass is 16.4. The summed E-state index contributed by atoms with van der Waals surface area (Å²) in [7, 11) is 0. The Kier molecular flexibility index (Phi) is 7.40. The summed E-state index contributed by atoms with van der Waals surface area (Å²) in [6.45, 7) is 1.44. The molecule has 1 aliphatic rings. The monoisotopic (exact) mass is 361 g/mol. The number of nitrogens with one attached hydrogen (secondary N) is 1. The highest BCUT2D eigenvalue weighted by molar-refractivity contribution is 5.87. The number of aliphatic imine (C=N–C) groups is 1. The smallest absolute Gasteiger partial charge is 0.326 e. The summed E-state index contributed by atoms with van der Waals surface area (Å²) in [4.78, 5) is 29.7. The summed E-state index contributed by atoms with van der Waals surface area (Å²) in [5.41, 5.74) is 11.7. The number of carboxylic acid groups (broad SMARTS) is 1. The minimum atomic E-state index is -0.946. The quantitative estimate of drug-likeness (QED) is 0.283. The van der Waals surface area contributed by atoms with Crippen molar-refractivity contribution in [2.24, 2.45) is 16.5 Å². The lowest BCUT2D eigenvalue weighted by molar-refractivity contribution is -0.149. The van der Waals surface area contributed by atoms with E-state index >= 15 is 0 Å². The lowest BCUT2D eigenvalue weighted by Gasteiger charge is -2.27. The van der Waals surface area contributed by atoms with Crippen LogP contribution >= 0.6 is 0 Å². The molecule has 1 aliphatic heterocycles. The summed E-state index contributed by atoms with van der Waals surface area (Å²) in [6, 6.07) is 8.56. The van der Waals surface area contributed by atoms with E-state index in [0.717, 1.165) is 5.56 Å². The molecule has 1 fully saturated rings. The number of nitrogens with zero attached hydrogens (tertiary/aromatic N) is 2. The van der Waals surface area contributed by atoms with Crippen molar-refractivity contribution in [3.63, 3.8) is 0 Å². The third kappa shape index (κ3) is 5.73. The van der Waals surface area contributed by atoms with Crippen LogP contribution in [0.3, 0.4) is 0 Å². The Balaban J connectivity index is 2.01. The lowest BCUT2D eigenvalue weighted by atomic mass is 10.1. The molecular formula is C18H27N5O3. The minimum Gasteiger partial charge on any atom is -0.480 e. The third-order valence-corrected chi connectivity index (χ3v) is 4.46. The van der Waals surface area contributed by atoms with E-state index in [1.165, 1.54) is 4.90 Å². The number of carbonyl (C=O) groups excluding carboxylic acids is 1. The number of likely N-dealkylation sites (tertiary alicyclic amines) is 1. The van der Waals surface area contributed by atoms with Crippen molar-refractivity contribution in [2.75, 3.05) is 13.1 Å². The Bertz CT molecular complexity index is 631. The number of rotatable bonds is 9. The molecule has 26 heavy (non-hydrogen) atoms. The fourth-order valence-electron chi connectivity index (χ4n) is 3.14. The largest absolute Gasteiger partial charge is 0.480 e. The van der Waals surface area contributed by atoms with E-state index < -0.39 is 18.1 Å². The minimum absolute atomic E-state index is 0.0237. The normalized spacial score (nSPS) is 17.7. The van der Waals surface area contributed by atoms with E-state index in [1.807, 2.05) is 30.3 Å². The number of nitrogens with two attached hydrogens (primary N) is 2. The van der Waals surface area contributed by atoms with Crippen LogP contribution in [0, 0.1) is 0 Å². The van der Waals surface area contributed by atoms with Crippen molar-refractivity contribution < 1.29 is 14.7 Å². The van der Waals surface area contributed by atoms with Crippen molar-refractivity contribution in [1.82, 2.24) is 10.2 Å². The second-order valence-electron chi connectivity index (χ2n) is 6.40. The first-order chi connectivity index (χ1) is 12.5. The van der Waals surface area contributed by atoms with Gasteiger partial charge in [0, 0.05) is 19.6 Å². The van der Waals surface area contributed by atoms with Gasteiger partial charge in [0.15, 0.2) is 5.96 Å². The lowest BCUT2D eigenvalue weighted by Crippen LogP contribution is -2.50. The van der Waals surface area contributed by atoms with E-state index in [0.29, 0.717) is 45.3 Å². The van der Waals surface area contributed by atoms with Crippen LogP contribution < -0.4 is 16.8 Å². The van der Waals surface area contributed by atoms with Crippen molar-refractivity contribution >= 4 is 17.8 Å². The van der Waals surface area contributed by atoms with Crippen molar-refractivity contribution in [3.8, 4) is 0 Å². The maximum absolute atomic E-state index is 12.9. The van der Waals surface area contributed by atoms with Crippen LogP contribution in [-0.4, -0.2) is 53.0 Å². The van der Waals surface area contributed by atoms with Crippen LogP contribution in [0.1, 0.15) is 31.2 Å². The molecule has 2 atom stereocenters. The van der Waals surface area contributed by atoms with Crippen molar-refractivity contribution in [3.05, 3.63) is 35.9 Å². The standard InChI is InChI=1S/C18H27N5O3/c19-18(20)21-10-4-8-14(22-12-13-6-2-1-3-7-13)16(24)23-11-5-9-15(23)17(25)26/h1-3,6-7,14-15,22H,4-5,8-12H2,(H,25,26)(H4,19,20,21)/t14?,15-/m1/s1. The molecule has 2 rings (SSSR count). The molecule has 1 amide bonds. The number of benzene rings is 1. The summed E-state index contributed by atoms with van der Waals surface area (Å²) in [5, 5.41) is 12.6. The van der Waals surface area contributed by atoms with Gasteiger partial charge in [0.05, 0.1) is 6.04 Å². The number of carboxylic acids is 1. The average molecular weight is 361 g/mol. The zero-order valence-corrected chi connectivity index (χ0v) is 14.8. The summed E-state index contributed by atoms with van der Waals surface area (Å²) in [6.07, 6.45) is 2.37. The van der Waals surface area contributed by atoms with E-state index in [9.17, 15) is 14.7 Å². The molecule has 0 bridgehead atoms. The molecule has 8 nitrogen and oxygen atoms in total. The predicted octanol–water partition coefficient (Wildman–Crippen LogP) is 0.274. The van der Waals surface area contributed by atoms with Crippen molar-refractivity contribution in [1.29, 1.82) is 0 Å². The van der Waals surface area contributed by atoms with Crippen molar-refractivity contribution in [2.45, 2.75) is 44.3 Å². The van der Waals surface area contributed by atoms with E-state index in [4.69, 9.17) is 11.5 Å². The molecule has 1 aromatic carbocycles. The van der Waals surface area contributed by atoms with Gasteiger partial charge in [-0.25, -0.2) is 4.79 Å². The topological polar surface area (TPSA) is 134 Å². The second kappa shape index (κ2) is 9.76. The highest BCUT2D eigenvalue weighted by Gasteiger charge is 2.36. The van der Waals surface area contributed by atoms with E-state index in [1.54, 1.807) is 0 Å². The molecule has 1 heterocycles. The predicted molar refractivity (Wildman–Crippen MR) is 99.4 cm³/mol. The van der Waals surface area contributed by atoms with Crippen LogP contribution in [0.5, 0.6) is 0 Å². The van der Waals surface area contributed by atoms with Gasteiger partial charge in [0.25, 0.3) is 0 Å². The van der Waals surface area contributed by atoms with E-state index in [2.05, 4.69) is 10.3 Å². The summed E-state index contributed by atoms with van der Waals surface area (Å²) in [5.74, 6) is -1.09. The molecule has 0 spiro atoms. The van der Waals surface area contributed by atoms with E-state index in [-0.39, 0.29) is 11.9 Å². The van der Waals surface area contributed by atoms with Gasteiger partial charge < -0.3 is 26.8 Å². The summed E-state index contributed by atoms with van der Waals surface area (Å²) < 4.78 is 0. The zero-order chi connectivity index (χ0) is 18.9. The average Bonchev–Trinajstić information content (AvgIpc) is 3.11. The number of aliphatic carboxylic acids is 1. The van der Waals surface area contributed by atoms with Crippen LogP contribution in [0.15, 0.2) is 35.3 Å². The molecular weight excluding hydrogens is 334 g/mol. The number of guanidine groups is 1. The first-order valence-corrected chi connectivity index (χ1v) is 8.85. The van der Waals surface area contributed by atoms with Crippen LogP contribution in [0.4, 0.5) is 0 Å². The van der Waals surface area contributed by atoms with Gasteiger partial charge in [-0.2, -0.15) is 0 Å². The van der Waals surface area contributed by atoms with Gasteiger partial charge in [-0.3, -0.25) is 9.79 Å². The van der Waals surface area contributed by atoms with Gasteiger partial charge in [0.2, 0.25) is 5.91 Å². The van der Waals surface area contributed by atoms with Gasteiger partial charge in [-0.1, -0.05) is 30.3 Å². The number of carbonyl (C=O) groups is 2. The number of hydrogen-bond acceptors (Lipinski definition) is 4. The first kappa shape index (κ1) is 19.7. The zero-order valence-electron chi connectivity index (χ0n) is 14.8. The Morgan fingerprint density at radius 2 is 2.04 bits per heavy atom. The SMILES string of the molecule is NC(N)=NCCCC(NCc1ccccc1)C(=O)N1CCC[C@@H]1C(=O)O. The highest BCUT2D eigenvalue weighted by Crippen LogP contribution is 2.19. The third-order valence-electron chi connectivity index (χ3n) is 4.46. The van der Waals surface area contributed by atoms with Gasteiger partial charge >= 0.3 is 5.97 Å². The fraction of sp³-hybridized carbons (Fsp3) is 0.500. The molecule has 1 unspecified atom stereocenters. The molecule has 0 aliphatic carbocycles. The Morgan fingerprint density at radius 3 is 2.69 bits per heavy atom. The molecule has 6 N–H and O–H groups in total. The Labute approximate surface area is 153 Å². The summed E-state index contributed by atoms with van der Waals surface area (Å²) >= 11 is 0. The molecule has 142 valence electrons. The molecule has 1 saturated heterocycles. The van der Waals surface area contributed by atoms with Gasteiger partial charge in [0.1, 0.15) is 6.04 Å². The van der Waals surface area contributed by atoms with Gasteiger partial charge in [-0.05, 0) is 31.2 Å². The maximum Gasteiger partial charge on any atom is 0.326 e. The van der Waals surface area contributed by atoms with Gasteiger partial charge in [-0.15, -0.1) is 0 Å². The molecule has 1 aromatic rings. The molecule has 0 radical (unpaired) electrons. The Hall–Kier alpha value is -2.61. The fourth-order valence-corrected chi connectivity index (χ4v) is 3.14. The molecule has 0 aromatic heterocycles. The van der Waals surface area contributed by atoms with Crippen LogP contribution in [-0.2, 0) is 16.1 Å². The van der Waals surface area contributed by atoms with Crippen LogP contribution in [0.2, 0.25) is 0 Å². The number of hydrogen-bond donors (Lipinski definition) is 4. The first-order valence-electron chi connectivity index (χ1n) is 8.85.